The standard InChI is InChI=1S/C35H30BrN3O7S/c1-44-28-19-30(46-3)29(45-2)18-22(28)17-27(38-33(41)21-7-5-4-6-8-21)34(42)37-24-11-15-26(16-12-24)47-31-20-32(40)39(35(31)43)25-13-9-23(36)10-14-25/h4-19,31H,20H2,1-3H3,(H,37,42)(H,38,41)/b27-17-. The molecule has 12 heteroatoms. The van der Waals surface area contributed by atoms with Gasteiger partial charge in [0.2, 0.25) is 11.8 Å². The van der Waals surface area contributed by atoms with Gasteiger partial charge in [0.05, 0.1) is 32.3 Å². The fraction of sp³-hybridized carbons (Fsp3) is 0.143. The first-order valence-corrected chi connectivity index (χ1v) is 16.0. The van der Waals surface area contributed by atoms with Gasteiger partial charge in [-0.1, -0.05) is 34.1 Å². The van der Waals surface area contributed by atoms with Crippen LogP contribution in [0.5, 0.6) is 17.2 Å². The molecule has 4 aromatic rings. The van der Waals surface area contributed by atoms with Gasteiger partial charge in [-0.05, 0) is 72.8 Å². The Kier molecular flexibility index (Phi) is 10.6. The van der Waals surface area contributed by atoms with Crippen LogP contribution in [-0.2, 0) is 14.4 Å². The van der Waals surface area contributed by atoms with E-state index in [-0.39, 0.29) is 23.9 Å². The zero-order chi connectivity index (χ0) is 33.5. The molecule has 47 heavy (non-hydrogen) atoms. The third-order valence-electron chi connectivity index (χ3n) is 7.15. The van der Waals surface area contributed by atoms with Crippen LogP contribution in [0.4, 0.5) is 11.4 Å². The number of nitrogens with one attached hydrogen (secondary N) is 2. The summed E-state index contributed by atoms with van der Waals surface area (Å²) in [6.45, 7) is 0. The van der Waals surface area contributed by atoms with Crippen molar-refractivity contribution in [3.8, 4) is 17.2 Å². The quantitative estimate of drug-likeness (QED) is 0.137. The molecule has 0 aliphatic carbocycles. The summed E-state index contributed by atoms with van der Waals surface area (Å²) >= 11 is 4.64. The number of benzene rings is 4. The lowest BCUT2D eigenvalue weighted by atomic mass is 10.1. The Morgan fingerprint density at radius 2 is 1.49 bits per heavy atom. The molecule has 0 aromatic heterocycles. The number of carbonyl (C=O) groups is 4. The Morgan fingerprint density at radius 3 is 2.13 bits per heavy atom. The Labute approximate surface area is 284 Å². The summed E-state index contributed by atoms with van der Waals surface area (Å²) in [5.41, 5.74) is 1.75. The first-order chi connectivity index (χ1) is 22.7. The number of nitrogens with zero attached hydrogens (tertiary/aromatic N) is 1. The molecule has 1 fully saturated rings. The molecule has 1 saturated heterocycles. The van der Waals surface area contributed by atoms with Crippen LogP contribution >= 0.6 is 27.7 Å². The molecule has 0 saturated carbocycles. The van der Waals surface area contributed by atoms with Gasteiger partial charge in [-0.15, -0.1) is 11.8 Å². The minimum Gasteiger partial charge on any atom is -0.496 e. The van der Waals surface area contributed by atoms with E-state index in [4.69, 9.17) is 14.2 Å². The van der Waals surface area contributed by atoms with E-state index in [0.717, 1.165) is 9.37 Å². The average Bonchev–Trinajstić information content (AvgIpc) is 3.37. The van der Waals surface area contributed by atoms with Gasteiger partial charge in [-0.25, -0.2) is 4.90 Å². The third-order valence-corrected chi connectivity index (χ3v) is 8.87. The normalized spacial score (nSPS) is 14.5. The van der Waals surface area contributed by atoms with Gasteiger partial charge in [0, 0.05) is 38.7 Å². The summed E-state index contributed by atoms with van der Waals surface area (Å²) in [6, 6.07) is 25.6. The predicted molar refractivity (Wildman–Crippen MR) is 184 cm³/mol. The predicted octanol–water partition coefficient (Wildman–Crippen LogP) is 6.31. The van der Waals surface area contributed by atoms with Crippen LogP contribution in [0.25, 0.3) is 6.08 Å². The molecule has 1 atom stereocenters. The Balaban J connectivity index is 1.35. The molecule has 1 aliphatic heterocycles. The van der Waals surface area contributed by atoms with Crippen molar-refractivity contribution in [2.45, 2.75) is 16.6 Å². The van der Waals surface area contributed by atoms with Crippen LogP contribution in [0.15, 0.2) is 106 Å². The van der Waals surface area contributed by atoms with E-state index >= 15 is 0 Å². The van der Waals surface area contributed by atoms with E-state index in [0.29, 0.717) is 39.8 Å². The molecule has 240 valence electrons. The highest BCUT2D eigenvalue weighted by Crippen LogP contribution is 2.37. The van der Waals surface area contributed by atoms with Crippen LogP contribution in [0.3, 0.4) is 0 Å². The summed E-state index contributed by atoms with van der Waals surface area (Å²) in [4.78, 5) is 54.5. The number of imide groups is 1. The number of methoxy groups -OCH3 is 3. The third kappa shape index (κ3) is 7.84. The van der Waals surface area contributed by atoms with Crippen molar-refractivity contribution in [1.29, 1.82) is 0 Å². The maximum absolute atomic E-state index is 13.6. The van der Waals surface area contributed by atoms with E-state index in [1.54, 1.807) is 91.0 Å². The Bertz CT molecular complexity index is 1830. The van der Waals surface area contributed by atoms with Crippen molar-refractivity contribution >= 4 is 68.8 Å². The van der Waals surface area contributed by atoms with E-state index < -0.39 is 17.1 Å². The molecule has 0 radical (unpaired) electrons. The molecular weight excluding hydrogens is 686 g/mol. The second kappa shape index (κ2) is 15.0. The number of carbonyl (C=O) groups excluding carboxylic acids is 4. The Morgan fingerprint density at radius 1 is 0.851 bits per heavy atom. The lowest BCUT2D eigenvalue weighted by Gasteiger charge is -2.15. The number of hydrogen-bond acceptors (Lipinski definition) is 8. The van der Waals surface area contributed by atoms with Gasteiger partial charge in [0.1, 0.15) is 11.4 Å². The van der Waals surface area contributed by atoms with Crippen LogP contribution < -0.4 is 29.7 Å². The zero-order valence-corrected chi connectivity index (χ0v) is 28.0. The van der Waals surface area contributed by atoms with E-state index in [9.17, 15) is 19.2 Å². The van der Waals surface area contributed by atoms with Crippen molar-refractivity contribution in [3.63, 3.8) is 0 Å². The monoisotopic (exact) mass is 715 g/mol. The van der Waals surface area contributed by atoms with Crippen LogP contribution in [0.1, 0.15) is 22.3 Å². The fourth-order valence-corrected chi connectivity index (χ4v) is 6.12. The molecule has 0 spiro atoms. The van der Waals surface area contributed by atoms with Crippen molar-refractivity contribution in [2.24, 2.45) is 0 Å². The van der Waals surface area contributed by atoms with Crippen molar-refractivity contribution in [3.05, 3.63) is 112 Å². The van der Waals surface area contributed by atoms with Gasteiger partial charge in [-0.3, -0.25) is 19.2 Å². The van der Waals surface area contributed by atoms with Crippen molar-refractivity contribution in [1.82, 2.24) is 5.32 Å². The number of hydrogen-bond donors (Lipinski definition) is 2. The smallest absolute Gasteiger partial charge is 0.272 e. The molecule has 2 N–H and O–H groups in total. The van der Waals surface area contributed by atoms with Gasteiger partial charge >= 0.3 is 0 Å². The molecule has 1 unspecified atom stereocenters. The molecule has 1 heterocycles. The number of ether oxygens (including phenoxy) is 3. The van der Waals surface area contributed by atoms with Gasteiger partial charge in [-0.2, -0.15) is 0 Å². The highest BCUT2D eigenvalue weighted by atomic mass is 79.9. The van der Waals surface area contributed by atoms with Crippen molar-refractivity contribution in [2.75, 3.05) is 31.5 Å². The van der Waals surface area contributed by atoms with Gasteiger partial charge in [0.25, 0.3) is 11.8 Å². The summed E-state index contributed by atoms with van der Waals surface area (Å²) in [6.07, 6.45) is 1.56. The number of rotatable bonds is 11. The molecule has 10 nitrogen and oxygen atoms in total. The topological polar surface area (TPSA) is 123 Å². The average molecular weight is 717 g/mol. The number of thioether (sulfide) groups is 1. The fourth-order valence-electron chi connectivity index (χ4n) is 4.80. The lowest BCUT2D eigenvalue weighted by Crippen LogP contribution is -2.31. The first kappa shape index (κ1) is 33.3. The zero-order valence-electron chi connectivity index (χ0n) is 25.6. The van der Waals surface area contributed by atoms with Gasteiger partial charge < -0.3 is 24.8 Å². The van der Waals surface area contributed by atoms with Crippen LogP contribution in [0.2, 0.25) is 0 Å². The molecule has 1 aliphatic rings. The molecular formula is C35H30BrN3O7S. The second-order valence-corrected chi connectivity index (χ2v) is 12.4. The number of amides is 4. The lowest BCUT2D eigenvalue weighted by molar-refractivity contribution is -0.121. The summed E-state index contributed by atoms with van der Waals surface area (Å²) in [5, 5.41) is 4.95. The first-order valence-electron chi connectivity index (χ1n) is 14.3. The molecule has 0 bridgehead atoms. The second-order valence-electron chi connectivity index (χ2n) is 10.2. The minimum absolute atomic E-state index is 0.0501. The Hall–Kier alpha value is -5.07. The maximum atomic E-state index is 13.6. The van der Waals surface area contributed by atoms with Crippen LogP contribution in [0, 0.1) is 0 Å². The largest absolute Gasteiger partial charge is 0.496 e. The van der Waals surface area contributed by atoms with Crippen LogP contribution in [-0.4, -0.2) is 50.2 Å². The van der Waals surface area contributed by atoms with E-state index in [1.807, 2.05) is 0 Å². The van der Waals surface area contributed by atoms with E-state index in [2.05, 4.69) is 26.6 Å². The summed E-state index contributed by atoms with van der Waals surface area (Å²) in [7, 11) is 4.47. The maximum Gasteiger partial charge on any atom is 0.272 e. The summed E-state index contributed by atoms with van der Waals surface area (Å²) < 4.78 is 17.2. The van der Waals surface area contributed by atoms with Crippen molar-refractivity contribution < 1.29 is 33.4 Å². The highest BCUT2D eigenvalue weighted by molar-refractivity contribution is 9.10. The molecule has 4 aromatic carbocycles. The highest BCUT2D eigenvalue weighted by Gasteiger charge is 2.40. The van der Waals surface area contributed by atoms with Gasteiger partial charge in [0.15, 0.2) is 11.5 Å². The molecule has 4 amide bonds. The number of halogens is 1. The van der Waals surface area contributed by atoms with E-state index in [1.165, 1.54) is 44.1 Å². The minimum atomic E-state index is -0.590. The molecule has 5 rings (SSSR count). The summed E-state index contributed by atoms with van der Waals surface area (Å²) in [5.74, 6) is -0.384. The number of anilines is 2. The SMILES string of the molecule is COc1cc(OC)c(OC)cc1/C=C(\NC(=O)c1ccccc1)C(=O)Nc1ccc(SC2CC(=O)N(c3ccc(Br)cc3)C2=O)cc1.